The average Bonchev–Trinajstić information content (AvgIpc) is 2.25. The summed E-state index contributed by atoms with van der Waals surface area (Å²) in [5, 5.41) is 3.05. The summed E-state index contributed by atoms with van der Waals surface area (Å²) in [5.41, 5.74) is 2.63. The van der Waals surface area contributed by atoms with Crippen LogP contribution in [0.5, 0.6) is 0 Å². The van der Waals surface area contributed by atoms with E-state index in [9.17, 15) is 0 Å². The van der Waals surface area contributed by atoms with Crippen molar-refractivity contribution < 1.29 is 4.74 Å². The number of nitrogens with one attached hydrogen (secondary N) is 1. The Balaban J connectivity index is 2.36. The van der Waals surface area contributed by atoms with Crippen molar-refractivity contribution in [2.45, 2.75) is 26.4 Å². The molecule has 0 saturated heterocycles. The molecule has 84 valence electrons. The SMILES string of the molecule is CNCCOCc1ccc(C(C)C)cc1. The van der Waals surface area contributed by atoms with Crippen molar-refractivity contribution >= 4 is 0 Å². The summed E-state index contributed by atoms with van der Waals surface area (Å²) < 4.78 is 5.50. The van der Waals surface area contributed by atoms with E-state index < -0.39 is 0 Å². The standard InChI is InChI=1S/C13H21NO/c1-11(2)13-6-4-12(5-7-13)10-15-9-8-14-3/h4-7,11,14H,8-10H2,1-3H3. The minimum atomic E-state index is 0.601. The van der Waals surface area contributed by atoms with Gasteiger partial charge in [-0.2, -0.15) is 0 Å². The summed E-state index contributed by atoms with van der Waals surface area (Å²) in [6, 6.07) is 8.66. The highest BCUT2D eigenvalue weighted by Crippen LogP contribution is 2.14. The quantitative estimate of drug-likeness (QED) is 0.724. The summed E-state index contributed by atoms with van der Waals surface area (Å²) in [7, 11) is 1.93. The molecule has 0 saturated carbocycles. The zero-order valence-corrected chi connectivity index (χ0v) is 9.92. The highest BCUT2D eigenvalue weighted by atomic mass is 16.5. The molecule has 0 atom stereocenters. The van der Waals surface area contributed by atoms with Crippen molar-refractivity contribution in [3.05, 3.63) is 35.4 Å². The fraction of sp³-hybridized carbons (Fsp3) is 0.538. The Kier molecular flexibility index (Phi) is 5.37. The van der Waals surface area contributed by atoms with E-state index in [2.05, 4.69) is 43.4 Å². The number of benzene rings is 1. The van der Waals surface area contributed by atoms with Crippen LogP contribution in [0.15, 0.2) is 24.3 Å². The molecule has 1 aromatic rings. The van der Waals surface area contributed by atoms with Gasteiger partial charge in [0.1, 0.15) is 0 Å². The van der Waals surface area contributed by atoms with Gasteiger partial charge < -0.3 is 10.1 Å². The fourth-order valence-electron chi connectivity index (χ4n) is 1.36. The molecule has 2 heteroatoms. The molecule has 0 spiro atoms. The molecule has 2 nitrogen and oxygen atoms in total. The van der Waals surface area contributed by atoms with Crippen LogP contribution >= 0.6 is 0 Å². The fourth-order valence-corrected chi connectivity index (χ4v) is 1.36. The summed E-state index contributed by atoms with van der Waals surface area (Å²) in [6.07, 6.45) is 0. The number of hydrogen-bond acceptors (Lipinski definition) is 2. The molecule has 0 fully saturated rings. The molecular weight excluding hydrogens is 186 g/mol. The van der Waals surface area contributed by atoms with E-state index in [0.717, 1.165) is 13.2 Å². The Hall–Kier alpha value is -0.860. The molecule has 0 heterocycles. The van der Waals surface area contributed by atoms with Crippen molar-refractivity contribution in [1.29, 1.82) is 0 Å². The number of ether oxygens (including phenoxy) is 1. The van der Waals surface area contributed by atoms with Crippen molar-refractivity contribution in [3.63, 3.8) is 0 Å². The van der Waals surface area contributed by atoms with E-state index in [1.54, 1.807) is 0 Å². The normalized spacial score (nSPS) is 10.9. The zero-order chi connectivity index (χ0) is 11.1. The van der Waals surface area contributed by atoms with Gasteiger partial charge in [0.15, 0.2) is 0 Å². The maximum Gasteiger partial charge on any atom is 0.0717 e. The van der Waals surface area contributed by atoms with Gasteiger partial charge in [0.2, 0.25) is 0 Å². The third kappa shape index (κ3) is 4.45. The minimum Gasteiger partial charge on any atom is -0.375 e. The lowest BCUT2D eigenvalue weighted by molar-refractivity contribution is 0.124. The second-order valence-corrected chi connectivity index (χ2v) is 4.05. The smallest absolute Gasteiger partial charge is 0.0717 e. The first-order chi connectivity index (χ1) is 7.24. The van der Waals surface area contributed by atoms with Crippen LogP contribution in [-0.2, 0) is 11.3 Å². The van der Waals surface area contributed by atoms with Crippen molar-refractivity contribution in [2.75, 3.05) is 20.2 Å². The van der Waals surface area contributed by atoms with Gasteiger partial charge in [0.05, 0.1) is 13.2 Å². The average molecular weight is 207 g/mol. The van der Waals surface area contributed by atoms with Crippen LogP contribution in [0, 0.1) is 0 Å². The second kappa shape index (κ2) is 6.59. The molecular formula is C13H21NO. The molecule has 0 unspecified atom stereocenters. The first kappa shape index (κ1) is 12.2. The molecule has 1 N–H and O–H groups in total. The van der Waals surface area contributed by atoms with Gasteiger partial charge in [-0.15, -0.1) is 0 Å². The largest absolute Gasteiger partial charge is 0.375 e. The lowest BCUT2D eigenvalue weighted by atomic mass is 10.0. The molecule has 15 heavy (non-hydrogen) atoms. The van der Waals surface area contributed by atoms with Crippen LogP contribution in [0.25, 0.3) is 0 Å². The Bertz CT molecular complexity index is 266. The number of hydrogen-bond donors (Lipinski definition) is 1. The number of rotatable bonds is 6. The van der Waals surface area contributed by atoms with E-state index in [1.165, 1.54) is 11.1 Å². The van der Waals surface area contributed by atoms with E-state index in [0.29, 0.717) is 12.5 Å². The van der Waals surface area contributed by atoms with Gasteiger partial charge in [-0.05, 0) is 24.1 Å². The monoisotopic (exact) mass is 207 g/mol. The summed E-state index contributed by atoms with van der Waals surface area (Å²) >= 11 is 0. The highest BCUT2D eigenvalue weighted by Gasteiger charge is 1.98. The molecule has 0 aliphatic rings. The summed E-state index contributed by atoms with van der Waals surface area (Å²) in [5.74, 6) is 0.601. The Morgan fingerprint density at radius 3 is 2.40 bits per heavy atom. The van der Waals surface area contributed by atoms with Crippen LogP contribution in [0.2, 0.25) is 0 Å². The zero-order valence-electron chi connectivity index (χ0n) is 9.92. The van der Waals surface area contributed by atoms with Crippen LogP contribution in [0.4, 0.5) is 0 Å². The second-order valence-electron chi connectivity index (χ2n) is 4.05. The van der Waals surface area contributed by atoms with Gasteiger partial charge >= 0.3 is 0 Å². The lowest BCUT2D eigenvalue weighted by Crippen LogP contribution is -2.13. The van der Waals surface area contributed by atoms with Crippen molar-refractivity contribution in [1.82, 2.24) is 5.32 Å². The van der Waals surface area contributed by atoms with Gasteiger partial charge in [-0.25, -0.2) is 0 Å². The third-order valence-corrected chi connectivity index (χ3v) is 2.41. The minimum absolute atomic E-state index is 0.601. The van der Waals surface area contributed by atoms with Gasteiger partial charge in [-0.1, -0.05) is 38.1 Å². The predicted octanol–water partition coefficient (Wildman–Crippen LogP) is 2.55. The topological polar surface area (TPSA) is 21.3 Å². The van der Waals surface area contributed by atoms with E-state index in [-0.39, 0.29) is 0 Å². The van der Waals surface area contributed by atoms with Gasteiger partial charge in [-0.3, -0.25) is 0 Å². The van der Waals surface area contributed by atoms with Gasteiger partial charge in [0.25, 0.3) is 0 Å². The van der Waals surface area contributed by atoms with E-state index in [1.807, 2.05) is 7.05 Å². The molecule has 1 rings (SSSR count). The number of likely N-dealkylation sites (N-methyl/N-ethyl adjacent to an activating group) is 1. The van der Waals surface area contributed by atoms with Crippen LogP contribution < -0.4 is 5.32 Å². The first-order valence-electron chi connectivity index (χ1n) is 5.55. The molecule has 0 bridgehead atoms. The van der Waals surface area contributed by atoms with Crippen molar-refractivity contribution in [3.8, 4) is 0 Å². The van der Waals surface area contributed by atoms with E-state index >= 15 is 0 Å². The molecule has 0 radical (unpaired) electrons. The molecule has 0 aliphatic heterocycles. The first-order valence-corrected chi connectivity index (χ1v) is 5.55. The Labute approximate surface area is 92.6 Å². The lowest BCUT2D eigenvalue weighted by Gasteiger charge is -2.07. The molecule has 0 aliphatic carbocycles. The highest BCUT2D eigenvalue weighted by molar-refractivity contribution is 5.24. The Morgan fingerprint density at radius 2 is 1.87 bits per heavy atom. The van der Waals surface area contributed by atoms with Crippen LogP contribution in [0.3, 0.4) is 0 Å². The third-order valence-electron chi connectivity index (χ3n) is 2.41. The Morgan fingerprint density at radius 1 is 1.20 bits per heavy atom. The van der Waals surface area contributed by atoms with Crippen LogP contribution in [0.1, 0.15) is 30.9 Å². The summed E-state index contributed by atoms with van der Waals surface area (Å²) in [4.78, 5) is 0. The maximum atomic E-state index is 5.50. The summed E-state index contributed by atoms with van der Waals surface area (Å²) in [6.45, 7) is 6.80. The molecule has 0 amide bonds. The predicted molar refractivity (Wildman–Crippen MR) is 64.1 cm³/mol. The molecule has 1 aromatic carbocycles. The van der Waals surface area contributed by atoms with Crippen molar-refractivity contribution in [2.24, 2.45) is 0 Å². The van der Waals surface area contributed by atoms with E-state index in [4.69, 9.17) is 4.74 Å². The van der Waals surface area contributed by atoms with Crippen LogP contribution in [-0.4, -0.2) is 20.2 Å². The maximum absolute atomic E-state index is 5.50. The molecule has 0 aromatic heterocycles. The van der Waals surface area contributed by atoms with Gasteiger partial charge in [0, 0.05) is 6.54 Å².